The summed E-state index contributed by atoms with van der Waals surface area (Å²) in [4.78, 5) is 0. The van der Waals surface area contributed by atoms with Crippen LogP contribution >= 0.6 is 11.3 Å². The summed E-state index contributed by atoms with van der Waals surface area (Å²) in [6.45, 7) is 4.06. The van der Waals surface area contributed by atoms with E-state index in [-0.39, 0.29) is 0 Å². The third-order valence-corrected chi connectivity index (χ3v) is 1.60. The lowest BCUT2D eigenvalue weighted by atomic mass is 10.5. The summed E-state index contributed by atoms with van der Waals surface area (Å²) in [5.41, 5.74) is 0. The van der Waals surface area contributed by atoms with Crippen LogP contribution < -0.4 is 4.74 Å². The number of rotatable bonds is 2. The summed E-state index contributed by atoms with van der Waals surface area (Å²) in [7, 11) is 0. The Hall–Kier alpha value is -0.500. The van der Waals surface area contributed by atoms with Gasteiger partial charge < -0.3 is 4.74 Å². The van der Waals surface area contributed by atoms with Crippen LogP contribution in [0.3, 0.4) is 0 Å². The van der Waals surface area contributed by atoms with Gasteiger partial charge in [0.1, 0.15) is 0 Å². The van der Waals surface area contributed by atoms with Gasteiger partial charge in [-0.3, -0.25) is 0 Å². The van der Waals surface area contributed by atoms with E-state index in [9.17, 15) is 0 Å². The molecule has 9 heavy (non-hydrogen) atoms. The molecule has 1 heterocycles. The van der Waals surface area contributed by atoms with Gasteiger partial charge in [0.15, 0.2) is 5.06 Å². The van der Waals surface area contributed by atoms with Crippen molar-refractivity contribution in [2.24, 2.45) is 0 Å². The lowest BCUT2D eigenvalue weighted by Crippen LogP contribution is -2.03. The molecule has 0 N–H and O–H groups in total. The highest BCUT2D eigenvalue weighted by Crippen LogP contribution is 2.19. The molecule has 0 saturated carbocycles. The van der Waals surface area contributed by atoms with Gasteiger partial charge in [-0.2, -0.15) is 0 Å². The van der Waals surface area contributed by atoms with Crippen LogP contribution in [0.5, 0.6) is 5.06 Å². The van der Waals surface area contributed by atoms with Crippen molar-refractivity contribution in [3.63, 3.8) is 0 Å². The van der Waals surface area contributed by atoms with Crippen LogP contribution in [-0.2, 0) is 0 Å². The molecule has 2 heteroatoms. The Labute approximate surface area is 59.3 Å². The first-order valence-corrected chi connectivity index (χ1v) is 3.87. The SMILES string of the molecule is CC(C)Oc1cccs1. The number of ether oxygens (including phenoxy) is 1. The maximum Gasteiger partial charge on any atom is 0.174 e. The first kappa shape index (κ1) is 6.62. The minimum absolute atomic E-state index is 0.295. The van der Waals surface area contributed by atoms with Crippen molar-refractivity contribution in [1.29, 1.82) is 0 Å². The lowest BCUT2D eigenvalue weighted by Gasteiger charge is -2.04. The van der Waals surface area contributed by atoms with E-state index < -0.39 is 0 Å². The Morgan fingerprint density at radius 2 is 2.33 bits per heavy atom. The van der Waals surface area contributed by atoms with E-state index in [1.165, 1.54) is 0 Å². The molecule has 1 aromatic rings. The van der Waals surface area contributed by atoms with Gasteiger partial charge in [-0.25, -0.2) is 0 Å². The summed E-state index contributed by atoms with van der Waals surface area (Å²) in [5.74, 6) is 0. The zero-order chi connectivity index (χ0) is 6.69. The minimum Gasteiger partial charge on any atom is -0.481 e. The lowest BCUT2D eigenvalue weighted by molar-refractivity contribution is 0.250. The van der Waals surface area contributed by atoms with Crippen LogP contribution in [0.4, 0.5) is 0 Å². The molecule has 0 amide bonds. The van der Waals surface area contributed by atoms with Gasteiger partial charge in [-0.15, -0.1) is 11.3 Å². The molecule has 0 aromatic carbocycles. The van der Waals surface area contributed by atoms with Crippen molar-refractivity contribution in [2.45, 2.75) is 20.0 Å². The second kappa shape index (κ2) is 2.87. The van der Waals surface area contributed by atoms with Crippen molar-refractivity contribution in [3.05, 3.63) is 17.5 Å². The van der Waals surface area contributed by atoms with E-state index in [0.29, 0.717) is 6.10 Å². The van der Waals surface area contributed by atoms with E-state index >= 15 is 0 Å². The highest BCUT2D eigenvalue weighted by atomic mass is 32.1. The molecule has 1 aromatic heterocycles. The highest BCUT2D eigenvalue weighted by molar-refractivity contribution is 7.11. The molecule has 0 saturated heterocycles. The van der Waals surface area contributed by atoms with Gasteiger partial charge in [0.25, 0.3) is 0 Å². The van der Waals surface area contributed by atoms with E-state index in [1.54, 1.807) is 11.3 Å². The van der Waals surface area contributed by atoms with Gasteiger partial charge in [0.2, 0.25) is 0 Å². The zero-order valence-corrected chi connectivity index (χ0v) is 6.44. The average Bonchev–Trinajstić information content (AvgIpc) is 2.15. The topological polar surface area (TPSA) is 9.23 Å². The Kier molecular flexibility index (Phi) is 2.11. The Morgan fingerprint density at radius 1 is 1.56 bits per heavy atom. The summed E-state index contributed by atoms with van der Waals surface area (Å²) in [6, 6.07) is 3.97. The monoisotopic (exact) mass is 142 g/mol. The largest absolute Gasteiger partial charge is 0.481 e. The molecule has 0 aliphatic heterocycles. The van der Waals surface area contributed by atoms with Gasteiger partial charge >= 0.3 is 0 Å². The third kappa shape index (κ3) is 2.06. The number of hydrogen-bond donors (Lipinski definition) is 0. The molecule has 0 fully saturated rings. The average molecular weight is 142 g/mol. The van der Waals surface area contributed by atoms with Crippen LogP contribution in [0.25, 0.3) is 0 Å². The fraction of sp³-hybridized carbons (Fsp3) is 0.429. The fourth-order valence-electron chi connectivity index (χ4n) is 0.563. The predicted octanol–water partition coefficient (Wildman–Crippen LogP) is 2.54. The van der Waals surface area contributed by atoms with E-state index in [1.807, 2.05) is 31.4 Å². The van der Waals surface area contributed by atoms with Gasteiger partial charge in [-0.1, -0.05) is 0 Å². The third-order valence-electron chi connectivity index (χ3n) is 0.847. The molecular weight excluding hydrogens is 132 g/mol. The second-order valence-corrected chi connectivity index (χ2v) is 3.01. The minimum atomic E-state index is 0.295. The molecule has 1 rings (SSSR count). The maximum atomic E-state index is 5.37. The zero-order valence-electron chi connectivity index (χ0n) is 5.63. The smallest absolute Gasteiger partial charge is 0.174 e. The summed E-state index contributed by atoms with van der Waals surface area (Å²) >= 11 is 1.63. The van der Waals surface area contributed by atoms with Gasteiger partial charge in [0, 0.05) is 0 Å². The Balaban J connectivity index is 2.48. The van der Waals surface area contributed by atoms with Crippen molar-refractivity contribution < 1.29 is 4.74 Å². The van der Waals surface area contributed by atoms with Crippen molar-refractivity contribution >= 4 is 11.3 Å². The van der Waals surface area contributed by atoms with Crippen molar-refractivity contribution in [2.75, 3.05) is 0 Å². The molecule has 0 unspecified atom stereocenters. The molecule has 0 atom stereocenters. The summed E-state index contributed by atoms with van der Waals surface area (Å²) in [6.07, 6.45) is 0.295. The van der Waals surface area contributed by atoms with E-state index in [2.05, 4.69) is 0 Å². The first-order valence-electron chi connectivity index (χ1n) is 2.99. The second-order valence-electron chi connectivity index (χ2n) is 2.10. The van der Waals surface area contributed by atoms with E-state index in [0.717, 1.165) is 5.06 Å². The van der Waals surface area contributed by atoms with Gasteiger partial charge in [-0.05, 0) is 31.4 Å². The number of thiophene rings is 1. The molecular formula is C7H10OS. The molecule has 0 aliphatic carbocycles. The summed E-state index contributed by atoms with van der Waals surface area (Å²) < 4.78 is 5.37. The van der Waals surface area contributed by atoms with Crippen LogP contribution in [-0.4, -0.2) is 6.10 Å². The number of hydrogen-bond acceptors (Lipinski definition) is 2. The van der Waals surface area contributed by atoms with Crippen LogP contribution in [0.1, 0.15) is 13.8 Å². The first-order chi connectivity index (χ1) is 4.29. The molecule has 0 bridgehead atoms. The normalized spacial score (nSPS) is 10.1. The van der Waals surface area contributed by atoms with Crippen molar-refractivity contribution in [3.8, 4) is 5.06 Å². The van der Waals surface area contributed by atoms with E-state index in [4.69, 9.17) is 4.74 Å². The fourth-order valence-corrected chi connectivity index (χ4v) is 1.26. The predicted molar refractivity (Wildman–Crippen MR) is 40.1 cm³/mol. The molecule has 0 aliphatic rings. The Bertz CT molecular complexity index is 155. The Morgan fingerprint density at radius 3 is 2.78 bits per heavy atom. The van der Waals surface area contributed by atoms with Crippen LogP contribution in [0.15, 0.2) is 17.5 Å². The highest BCUT2D eigenvalue weighted by Gasteiger charge is 1.94. The van der Waals surface area contributed by atoms with Crippen LogP contribution in [0, 0.1) is 0 Å². The quantitative estimate of drug-likeness (QED) is 0.616. The molecule has 0 radical (unpaired) electrons. The molecule has 50 valence electrons. The van der Waals surface area contributed by atoms with Crippen molar-refractivity contribution in [1.82, 2.24) is 0 Å². The maximum absolute atomic E-state index is 5.37. The molecule has 1 nitrogen and oxygen atoms in total. The van der Waals surface area contributed by atoms with Crippen LogP contribution in [0.2, 0.25) is 0 Å². The standard InChI is InChI=1S/C7H10OS/c1-6(2)8-7-4-3-5-9-7/h3-6H,1-2H3. The molecule has 0 spiro atoms. The van der Waals surface area contributed by atoms with Gasteiger partial charge in [0.05, 0.1) is 6.10 Å². The summed E-state index contributed by atoms with van der Waals surface area (Å²) in [5, 5.41) is 3.02.